The molecule has 0 radical (unpaired) electrons. The van der Waals surface area contributed by atoms with Crippen LogP contribution in [0.3, 0.4) is 0 Å². The Balaban J connectivity index is 1.95. The molecular weight excluding hydrogens is 485 g/mol. The molecule has 2 atom stereocenters. The molecule has 1 aliphatic rings. The fourth-order valence-corrected chi connectivity index (χ4v) is 6.03. The maximum Gasteiger partial charge on any atom is 0.240 e. The first-order chi connectivity index (χ1) is 18.3. The summed E-state index contributed by atoms with van der Waals surface area (Å²) in [5.74, 6) is -0.695. The molecule has 4 heteroatoms. The van der Waals surface area contributed by atoms with Gasteiger partial charge in [-0.2, -0.15) is 0 Å². The predicted molar refractivity (Wildman–Crippen MR) is 156 cm³/mol. The van der Waals surface area contributed by atoms with E-state index in [1.807, 2.05) is 66.7 Å². The molecule has 1 amide bonds. The number of carbonyl (C=O) groups is 1. The van der Waals surface area contributed by atoms with Gasteiger partial charge < -0.3 is 10.4 Å². The van der Waals surface area contributed by atoms with E-state index in [0.717, 1.165) is 39.1 Å². The third-order valence-electron chi connectivity index (χ3n) is 7.91. The van der Waals surface area contributed by atoms with Crippen molar-refractivity contribution >= 4 is 11.6 Å². The Morgan fingerprint density at radius 2 is 1.28 bits per heavy atom. The van der Waals surface area contributed by atoms with Crippen LogP contribution in [0.5, 0.6) is 5.75 Å². The summed E-state index contributed by atoms with van der Waals surface area (Å²) in [5.41, 5.74) is 3.98. The van der Waals surface area contributed by atoms with E-state index in [1.165, 1.54) is 12.1 Å². The Labute approximate surface area is 230 Å². The Bertz CT molecular complexity index is 1490. The number of phenols is 1. The van der Waals surface area contributed by atoms with Crippen molar-refractivity contribution in [3.8, 4) is 5.75 Å². The van der Waals surface area contributed by atoms with Gasteiger partial charge in [-0.15, -0.1) is 0 Å². The van der Waals surface area contributed by atoms with Crippen molar-refractivity contribution < 1.29 is 14.3 Å². The van der Waals surface area contributed by atoms with Gasteiger partial charge in [0.15, 0.2) is 0 Å². The maximum atomic E-state index is 14.4. The van der Waals surface area contributed by atoms with Gasteiger partial charge in [0, 0.05) is 11.6 Å². The van der Waals surface area contributed by atoms with Crippen LogP contribution in [0.2, 0.25) is 0 Å². The summed E-state index contributed by atoms with van der Waals surface area (Å²) >= 11 is 0. The number of benzene rings is 4. The minimum absolute atomic E-state index is 0.132. The molecule has 0 fully saturated rings. The van der Waals surface area contributed by atoms with Gasteiger partial charge in [0.2, 0.25) is 5.91 Å². The van der Waals surface area contributed by atoms with Gasteiger partial charge in [-0.3, -0.25) is 4.79 Å². The second-order valence-corrected chi connectivity index (χ2v) is 12.6. The summed E-state index contributed by atoms with van der Waals surface area (Å²) in [5, 5.41) is 14.7. The minimum Gasteiger partial charge on any atom is -0.507 e. The number of para-hydroxylation sites is 1. The normalized spacial score (nSPS) is 18.0. The molecule has 0 saturated carbocycles. The topological polar surface area (TPSA) is 49.3 Å². The van der Waals surface area contributed by atoms with Crippen LogP contribution in [0.25, 0.3) is 0 Å². The standard InChI is InChI=1S/C35H36FNO2/c1-33(2,3)27-20-23(21-28(31(27)38)34(4,5)6)30(22-16-18-25(36)19-17-22)35(24-12-8-7-9-13-24)26-14-10-11-15-29(26)37-32(35)39/h7-21,30,38H,1-6H3,(H,37,39). The molecule has 0 bridgehead atoms. The van der Waals surface area contributed by atoms with Crippen LogP contribution in [0.15, 0.2) is 91.0 Å². The lowest BCUT2D eigenvalue weighted by Gasteiger charge is -2.39. The van der Waals surface area contributed by atoms with Crippen LogP contribution in [-0.2, 0) is 21.0 Å². The van der Waals surface area contributed by atoms with E-state index in [-0.39, 0.29) is 28.3 Å². The summed E-state index contributed by atoms with van der Waals surface area (Å²) in [4.78, 5) is 14.4. The summed E-state index contributed by atoms with van der Waals surface area (Å²) in [6.45, 7) is 12.5. The number of aromatic hydroxyl groups is 1. The zero-order chi connectivity index (χ0) is 28.2. The first-order valence-electron chi connectivity index (χ1n) is 13.4. The number of carbonyl (C=O) groups excluding carboxylic acids is 1. The summed E-state index contributed by atoms with van der Waals surface area (Å²) in [6.07, 6.45) is 0. The molecule has 0 aliphatic carbocycles. The molecule has 5 rings (SSSR count). The van der Waals surface area contributed by atoms with Crippen LogP contribution in [0.4, 0.5) is 10.1 Å². The van der Waals surface area contributed by atoms with Crippen LogP contribution in [0, 0.1) is 5.82 Å². The van der Waals surface area contributed by atoms with Crippen LogP contribution >= 0.6 is 0 Å². The van der Waals surface area contributed by atoms with Crippen LogP contribution < -0.4 is 5.32 Å². The molecule has 4 aromatic carbocycles. The fourth-order valence-electron chi connectivity index (χ4n) is 6.03. The van der Waals surface area contributed by atoms with Crippen molar-refractivity contribution in [2.45, 2.75) is 63.7 Å². The second kappa shape index (κ2) is 9.37. The smallest absolute Gasteiger partial charge is 0.240 e. The summed E-state index contributed by atoms with van der Waals surface area (Å²) in [6, 6.07) is 28.2. The monoisotopic (exact) mass is 521 g/mol. The van der Waals surface area contributed by atoms with Crippen molar-refractivity contribution in [1.82, 2.24) is 0 Å². The van der Waals surface area contributed by atoms with E-state index >= 15 is 0 Å². The predicted octanol–water partition coefficient (Wildman–Crippen LogP) is 8.20. The quantitative estimate of drug-likeness (QED) is 0.284. The third kappa shape index (κ3) is 4.42. The Morgan fingerprint density at radius 1 is 0.744 bits per heavy atom. The van der Waals surface area contributed by atoms with Crippen molar-refractivity contribution in [1.29, 1.82) is 0 Å². The number of halogens is 1. The molecule has 0 spiro atoms. The van der Waals surface area contributed by atoms with E-state index in [0.29, 0.717) is 0 Å². The van der Waals surface area contributed by atoms with Gasteiger partial charge in [0.25, 0.3) is 0 Å². The molecule has 0 saturated heterocycles. The summed E-state index contributed by atoms with van der Waals surface area (Å²) < 4.78 is 14.2. The van der Waals surface area contributed by atoms with Gasteiger partial charge in [-0.05, 0) is 62.4 Å². The highest BCUT2D eigenvalue weighted by atomic mass is 19.1. The van der Waals surface area contributed by atoms with Crippen LogP contribution in [0.1, 0.15) is 80.8 Å². The fraction of sp³-hybridized carbons (Fsp3) is 0.286. The number of hydrogen-bond donors (Lipinski definition) is 2. The molecular formula is C35H36FNO2. The summed E-state index contributed by atoms with van der Waals surface area (Å²) in [7, 11) is 0. The van der Waals surface area contributed by atoms with Crippen molar-refractivity contribution in [2.75, 3.05) is 5.32 Å². The van der Waals surface area contributed by atoms with Crippen molar-refractivity contribution in [2.24, 2.45) is 0 Å². The number of phenolic OH excluding ortho intramolecular Hbond substituents is 1. The SMILES string of the molecule is CC(C)(C)c1cc(C(c2ccc(F)cc2)C2(c3ccccc3)C(=O)Nc3ccccc32)cc(C(C)(C)C)c1O. The third-order valence-corrected chi connectivity index (χ3v) is 7.91. The van der Waals surface area contributed by atoms with Crippen molar-refractivity contribution in [3.63, 3.8) is 0 Å². The van der Waals surface area contributed by atoms with E-state index < -0.39 is 11.3 Å². The largest absolute Gasteiger partial charge is 0.507 e. The average Bonchev–Trinajstić information content (AvgIpc) is 3.17. The molecule has 200 valence electrons. The van der Waals surface area contributed by atoms with Gasteiger partial charge in [0.1, 0.15) is 17.0 Å². The Morgan fingerprint density at radius 3 is 1.85 bits per heavy atom. The van der Waals surface area contributed by atoms with Gasteiger partial charge in [-0.25, -0.2) is 4.39 Å². The molecule has 2 unspecified atom stereocenters. The number of anilines is 1. The molecule has 0 aromatic heterocycles. The number of nitrogens with one attached hydrogen (secondary N) is 1. The minimum atomic E-state index is -1.13. The van der Waals surface area contributed by atoms with Gasteiger partial charge in [0.05, 0.1) is 0 Å². The lowest BCUT2D eigenvalue weighted by Crippen LogP contribution is -2.42. The van der Waals surface area contributed by atoms with E-state index in [9.17, 15) is 14.3 Å². The lowest BCUT2D eigenvalue weighted by atomic mass is 9.61. The van der Waals surface area contributed by atoms with E-state index in [4.69, 9.17) is 0 Å². The molecule has 39 heavy (non-hydrogen) atoms. The number of amides is 1. The number of fused-ring (bicyclic) bond motifs is 1. The molecule has 2 N–H and O–H groups in total. The number of rotatable bonds is 4. The maximum absolute atomic E-state index is 14.4. The first kappa shape index (κ1) is 26.7. The zero-order valence-corrected chi connectivity index (χ0v) is 23.5. The van der Waals surface area contributed by atoms with Gasteiger partial charge in [-0.1, -0.05) is 114 Å². The highest BCUT2D eigenvalue weighted by molar-refractivity contribution is 6.10. The van der Waals surface area contributed by atoms with E-state index in [1.54, 1.807) is 12.1 Å². The number of hydrogen-bond acceptors (Lipinski definition) is 2. The van der Waals surface area contributed by atoms with Crippen molar-refractivity contribution in [3.05, 3.63) is 130 Å². The first-order valence-corrected chi connectivity index (χ1v) is 13.4. The zero-order valence-electron chi connectivity index (χ0n) is 23.5. The molecule has 3 nitrogen and oxygen atoms in total. The van der Waals surface area contributed by atoms with Gasteiger partial charge >= 0.3 is 0 Å². The molecule has 1 heterocycles. The Kier molecular flexibility index (Phi) is 6.41. The Hall–Kier alpha value is -3.92. The molecule has 1 aliphatic heterocycles. The second-order valence-electron chi connectivity index (χ2n) is 12.6. The van der Waals surface area contributed by atoms with Crippen LogP contribution in [-0.4, -0.2) is 11.0 Å². The average molecular weight is 522 g/mol. The molecule has 4 aromatic rings. The highest BCUT2D eigenvalue weighted by Gasteiger charge is 2.55. The lowest BCUT2D eigenvalue weighted by molar-refractivity contribution is -0.120. The van der Waals surface area contributed by atoms with E-state index in [2.05, 4.69) is 46.9 Å². The highest BCUT2D eigenvalue weighted by Crippen LogP contribution is 2.55.